The molecule has 1 unspecified atom stereocenters. The molecule has 1 aromatic carbocycles. The van der Waals surface area contributed by atoms with Gasteiger partial charge in [0.05, 0.1) is 9.80 Å². The third-order valence-corrected chi connectivity index (χ3v) is 5.05. The molecule has 0 saturated carbocycles. The molecule has 116 valence electrons. The number of carbonyl (C=O) groups is 1. The van der Waals surface area contributed by atoms with E-state index >= 15 is 0 Å². The SMILES string of the molecule is O=C(NCCC1CCNC1)c1cc2cc([N+](=O)[O-])ccc2s1. The standard InChI is InChI=1S/C15H17N3O3S/c19-15(17-6-4-10-3-5-16-9-10)14-8-11-7-12(18(20)21)1-2-13(11)22-14/h1-2,7-8,10,16H,3-6,9H2,(H,17,19). The Morgan fingerprint density at radius 2 is 2.32 bits per heavy atom. The van der Waals surface area contributed by atoms with Gasteiger partial charge in [-0.3, -0.25) is 14.9 Å². The Balaban J connectivity index is 1.64. The summed E-state index contributed by atoms with van der Waals surface area (Å²) in [4.78, 5) is 23.1. The highest BCUT2D eigenvalue weighted by Gasteiger charge is 2.16. The molecular formula is C15H17N3O3S. The summed E-state index contributed by atoms with van der Waals surface area (Å²) in [6.45, 7) is 2.76. The van der Waals surface area contributed by atoms with Gasteiger partial charge in [-0.1, -0.05) is 0 Å². The maximum atomic E-state index is 12.2. The molecular weight excluding hydrogens is 302 g/mol. The van der Waals surface area contributed by atoms with E-state index < -0.39 is 4.92 Å². The van der Waals surface area contributed by atoms with E-state index in [2.05, 4.69) is 10.6 Å². The van der Waals surface area contributed by atoms with E-state index in [1.165, 1.54) is 29.9 Å². The van der Waals surface area contributed by atoms with Gasteiger partial charge in [0.2, 0.25) is 0 Å². The van der Waals surface area contributed by atoms with Crippen molar-refractivity contribution >= 4 is 33.0 Å². The van der Waals surface area contributed by atoms with E-state index in [4.69, 9.17) is 0 Å². The van der Waals surface area contributed by atoms with Crippen LogP contribution in [0.3, 0.4) is 0 Å². The van der Waals surface area contributed by atoms with Crippen LogP contribution in [-0.2, 0) is 0 Å². The number of carbonyl (C=O) groups excluding carboxylic acids is 1. The van der Waals surface area contributed by atoms with Crippen molar-refractivity contribution in [1.29, 1.82) is 0 Å². The van der Waals surface area contributed by atoms with Crippen LogP contribution in [0.4, 0.5) is 5.69 Å². The summed E-state index contributed by atoms with van der Waals surface area (Å²) in [5.74, 6) is 0.542. The lowest BCUT2D eigenvalue weighted by atomic mass is 10.1. The van der Waals surface area contributed by atoms with Gasteiger partial charge in [-0.25, -0.2) is 0 Å². The Hall–Kier alpha value is -1.99. The minimum atomic E-state index is -0.424. The van der Waals surface area contributed by atoms with Crippen molar-refractivity contribution in [3.05, 3.63) is 39.3 Å². The summed E-state index contributed by atoms with van der Waals surface area (Å²) in [5.41, 5.74) is 0.0472. The van der Waals surface area contributed by atoms with Crippen molar-refractivity contribution in [2.45, 2.75) is 12.8 Å². The lowest BCUT2D eigenvalue weighted by Gasteiger charge is -2.08. The van der Waals surface area contributed by atoms with Crippen LogP contribution in [0.1, 0.15) is 22.5 Å². The molecule has 2 N–H and O–H groups in total. The minimum absolute atomic E-state index is 0.0472. The molecule has 22 heavy (non-hydrogen) atoms. The Morgan fingerprint density at radius 3 is 3.05 bits per heavy atom. The molecule has 1 atom stereocenters. The lowest BCUT2D eigenvalue weighted by molar-refractivity contribution is -0.384. The number of hydrogen-bond acceptors (Lipinski definition) is 5. The first-order chi connectivity index (χ1) is 10.6. The highest BCUT2D eigenvalue weighted by Crippen LogP contribution is 2.28. The molecule has 0 spiro atoms. The summed E-state index contributed by atoms with van der Waals surface area (Å²) < 4.78 is 0.885. The molecule has 0 bridgehead atoms. The van der Waals surface area contributed by atoms with E-state index in [9.17, 15) is 14.9 Å². The zero-order chi connectivity index (χ0) is 15.5. The number of benzene rings is 1. The molecule has 2 aromatic rings. The largest absolute Gasteiger partial charge is 0.351 e. The van der Waals surface area contributed by atoms with Crippen LogP contribution in [0, 0.1) is 16.0 Å². The predicted molar refractivity (Wildman–Crippen MR) is 86.4 cm³/mol. The van der Waals surface area contributed by atoms with Gasteiger partial charge in [0.1, 0.15) is 0 Å². The molecule has 0 aliphatic carbocycles. The average molecular weight is 319 g/mol. The number of nitrogens with zero attached hydrogens (tertiary/aromatic N) is 1. The molecule has 1 fully saturated rings. The van der Waals surface area contributed by atoms with Crippen molar-refractivity contribution in [2.24, 2.45) is 5.92 Å². The molecule has 1 amide bonds. The second kappa shape index (κ2) is 6.41. The van der Waals surface area contributed by atoms with Crippen molar-refractivity contribution < 1.29 is 9.72 Å². The van der Waals surface area contributed by atoms with E-state index in [-0.39, 0.29) is 11.6 Å². The number of fused-ring (bicyclic) bond motifs is 1. The maximum absolute atomic E-state index is 12.2. The Bertz CT molecular complexity index is 707. The summed E-state index contributed by atoms with van der Waals surface area (Å²) >= 11 is 1.36. The van der Waals surface area contributed by atoms with Crippen molar-refractivity contribution in [3.63, 3.8) is 0 Å². The van der Waals surface area contributed by atoms with Gasteiger partial charge in [-0.05, 0) is 44.0 Å². The molecule has 2 heterocycles. The number of thiophene rings is 1. The first kappa shape index (κ1) is 14.9. The number of nitro groups is 1. The quantitative estimate of drug-likeness (QED) is 0.655. The van der Waals surface area contributed by atoms with Gasteiger partial charge in [0, 0.05) is 28.8 Å². The number of non-ortho nitro benzene ring substituents is 1. The van der Waals surface area contributed by atoms with Crippen LogP contribution in [0.15, 0.2) is 24.3 Å². The number of nitrogens with one attached hydrogen (secondary N) is 2. The Morgan fingerprint density at radius 1 is 1.45 bits per heavy atom. The monoisotopic (exact) mass is 319 g/mol. The van der Waals surface area contributed by atoms with Crippen molar-refractivity contribution in [1.82, 2.24) is 10.6 Å². The van der Waals surface area contributed by atoms with Gasteiger partial charge >= 0.3 is 0 Å². The van der Waals surface area contributed by atoms with Crippen LogP contribution in [0.5, 0.6) is 0 Å². The molecule has 7 heteroatoms. The van der Waals surface area contributed by atoms with Gasteiger partial charge < -0.3 is 10.6 Å². The van der Waals surface area contributed by atoms with Gasteiger partial charge in [-0.15, -0.1) is 11.3 Å². The Kier molecular flexibility index (Phi) is 4.35. The van der Waals surface area contributed by atoms with Gasteiger partial charge in [0.15, 0.2) is 0 Å². The smallest absolute Gasteiger partial charge is 0.270 e. The van der Waals surface area contributed by atoms with Crippen LogP contribution in [0.25, 0.3) is 10.1 Å². The summed E-state index contributed by atoms with van der Waals surface area (Å²) in [6.07, 6.45) is 2.15. The summed E-state index contributed by atoms with van der Waals surface area (Å²) in [7, 11) is 0. The zero-order valence-electron chi connectivity index (χ0n) is 12.0. The number of hydrogen-bond donors (Lipinski definition) is 2. The molecule has 6 nitrogen and oxygen atoms in total. The normalized spacial score (nSPS) is 17.7. The molecule has 0 radical (unpaired) electrons. The molecule has 1 aliphatic rings. The number of rotatable bonds is 5. The van der Waals surface area contributed by atoms with Crippen molar-refractivity contribution in [3.8, 4) is 0 Å². The van der Waals surface area contributed by atoms with Crippen molar-refractivity contribution in [2.75, 3.05) is 19.6 Å². The molecule has 3 rings (SSSR count). The molecule has 1 aliphatic heterocycles. The zero-order valence-corrected chi connectivity index (χ0v) is 12.8. The van der Waals surface area contributed by atoms with Crippen LogP contribution >= 0.6 is 11.3 Å². The second-order valence-electron chi connectivity index (χ2n) is 5.49. The van der Waals surface area contributed by atoms with Crippen LogP contribution in [0.2, 0.25) is 0 Å². The van der Waals surface area contributed by atoms with E-state index in [0.717, 1.165) is 29.6 Å². The topological polar surface area (TPSA) is 84.3 Å². The lowest BCUT2D eigenvalue weighted by Crippen LogP contribution is -2.25. The van der Waals surface area contributed by atoms with Gasteiger partial charge in [0.25, 0.3) is 11.6 Å². The first-order valence-corrected chi connectivity index (χ1v) is 8.12. The average Bonchev–Trinajstić information content (AvgIpc) is 3.15. The van der Waals surface area contributed by atoms with Crippen LogP contribution in [-0.4, -0.2) is 30.5 Å². The molecule has 1 aromatic heterocycles. The maximum Gasteiger partial charge on any atom is 0.270 e. The number of nitro benzene ring substituents is 1. The minimum Gasteiger partial charge on any atom is -0.351 e. The highest BCUT2D eigenvalue weighted by atomic mass is 32.1. The predicted octanol–water partition coefficient (Wildman–Crippen LogP) is 2.54. The Labute approximate surface area is 131 Å². The summed E-state index contributed by atoms with van der Waals surface area (Å²) in [6, 6.07) is 6.39. The fourth-order valence-electron chi connectivity index (χ4n) is 2.69. The first-order valence-electron chi connectivity index (χ1n) is 7.30. The van der Waals surface area contributed by atoms with E-state index in [1.54, 1.807) is 12.1 Å². The molecule has 1 saturated heterocycles. The van der Waals surface area contributed by atoms with E-state index in [1.807, 2.05) is 0 Å². The fraction of sp³-hybridized carbons (Fsp3) is 0.400. The fourth-order valence-corrected chi connectivity index (χ4v) is 3.65. The second-order valence-corrected chi connectivity index (χ2v) is 6.58. The third-order valence-electron chi connectivity index (χ3n) is 3.94. The van der Waals surface area contributed by atoms with Gasteiger partial charge in [-0.2, -0.15) is 0 Å². The van der Waals surface area contributed by atoms with E-state index in [0.29, 0.717) is 17.3 Å². The van der Waals surface area contributed by atoms with Crippen LogP contribution < -0.4 is 10.6 Å². The third kappa shape index (κ3) is 3.26. The number of amides is 1. The highest BCUT2D eigenvalue weighted by molar-refractivity contribution is 7.20. The summed E-state index contributed by atoms with van der Waals surface area (Å²) in [5, 5.41) is 17.8.